The maximum absolute atomic E-state index is 4.09. The van der Waals surface area contributed by atoms with Gasteiger partial charge in [0.2, 0.25) is 0 Å². The van der Waals surface area contributed by atoms with Crippen molar-refractivity contribution in [1.82, 2.24) is 9.88 Å². The Balaban J connectivity index is 1.72. The van der Waals surface area contributed by atoms with Crippen molar-refractivity contribution in [3.63, 3.8) is 0 Å². The van der Waals surface area contributed by atoms with Crippen molar-refractivity contribution in [3.05, 3.63) is 59.9 Å². The number of hydrogen-bond acceptors (Lipinski definition) is 3. The average molecular weight is 281 g/mol. The van der Waals surface area contributed by atoms with E-state index in [2.05, 4.69) is 58.5 Å². The molecule has 1 N–H and O–H groups in total. The standard InChI is InChI=1S/C18H23N3/c1-15(16-8-10-19-11-9-16)20-18-7-3-2-6-17(18)14-21-12-4-5-13-21/h2-3,6-11,15,20H,4-5,12-14H2,1H3. The molecular weight excluding hydrogens is 258 g/mol. The van der Waals surface area contributed by atoms with Gasteiger partial charge in [-0.05, 0) is 62.2 Å². The lowest BCUT2D eigenvalue weighted by molar-refractivity contribution is 0.332. The fraction of sp³-hybridized carbons (Fsp3) is 0.389. The lowest BCUT2D eigenvalue weighted by Gasteiger charge is -2.21. The number of pyridine rings is 1. The lowest BCUT2D eigenvalue weighted by atomic mass is 10.1. The molecule has 0 aliphatic carbocycles. The lowest BCUT2D eigenvalue weighted by Crippen LogP contribution is -2.19. The number of hydrogen-bond donors (Lipinski definition) is 1. The van der Waals surface area contributed by atoms with E-state index in [9.17, 15) is 0 Å². The molecular formula is C18H23N3. The number of para-hydroxylation sites is 1. The molecule has 0 amide bonds. The molecule has 1 fully saturated rings. The summed E-state index contributed by atoms with van der Waals surface area (Å²) in [7, 11) is 0. The molecule has 1 atom stereocenters. The van der Waals surface area contributed by atoms with E-state index in [4.69, 9.17) is 0 Å². The molecule has 1 aliphatic heterocycles. The van der Waals surface area contributed by atoms with E-state index in [1.54, 1.807) is 0 Å². The van der Waals surface area contributed by atoms with Crippen LogP contribution in [0.1, 0.15) is 36.9 Å². The quantitative estimate of drug-likeness (QED) is 0.902. The van der Waals surface area contributed by atoms with E-state index >= 15 is 0 Å². The second kappa shape index (κ2) is 6.72. The van der Waals surface area contributed by atoms with Gasteiger partial charge in [0, 0.05) is 30.7 Å². The van der Waals surface area contributed by atoms with E-state index in [1.165, 1.54) is 42.7 Å². The molecule has 2 heterocycles. The monoisotopic (exact) mass is 281 g/mol. The van der Waals surface area contributed by atoms with E-state index in [1.807, 2.05) is 12.4 Å². The summed E-state index contributed by atoms with van der Waals surface area (Å²) in [5, 5.41) is 3.65. The number of nitrogens with one attached hydrogen (secondary N) is 1. The average Bonchev–Trinajstić information content (AvgIpc) is 3.03. The van der Waals surface area contributed by atoms with Crippen LogP contribution in [0.2, 0.25) is 0 Å². The molecule has 3 heteroatoms. The van der Waals surface area contributed by atoms with E-state index in [0.717, 1.165) is 6.54 Å². The second-order valence-corrected chi connectivity index (χ2v) is 5.79. The van der Waals surface area contributed by atoms with Crippen LogP contribution in [0.25, 0.3) is 0 Å². The van der Waals surface area contributed by atoms with Gasteiger partial charge < -0.3 is 5.32 Å². The van der Waals surface area contributed by atoms with Crippen molar-refractivity contribution >= 4 is 5.69 Å². The smallest absolute Gasteiger partial charge is 0.0486 e. The molecule has 1 aromatic carbocycles. The fourth-order valence-corrected chi connectivity index (χ4v) is 2.95. The van der Waals surface area contributed by atoms with Crippen LogP contribution < -0.4 is 5.32 Å². The van der Waals surface area contributed by atoms with Gasteiger partial charge in [-0.25, -0.2) is 0 Å². The Labute approximate surface area is 127 Å². The van der Waals surface area contributed by atoms with Crippen LogP contribution >= 0.6 is 0 Å². The Morgan fingerprint density at radius 3 is 2.57 bits per heavy atom. The van der Waals surface area contributed by atoms with Gasteiger partial charge in [0.1, 0.15) is 0 Å². The van der Waals surface area contributed by atoms with Crippen LogP contribution in [-0.2, 0) is 6.54 Å². The zero-order chi connectivity index (χ0) is 14.5. The maximum atomic E-state index is 4.09. The summed E-state index contributed by atoms with van der Waals surface area (Å²) in [6, 6.07) is 13.1. The Morgan fingerprint density at radius 2 is 1.81 bits per heavy atom. The van der Waals surface area contributed by atoms with Gasteiger partial charge in [0.05, 0.1) is 0 Å². The highest BCUT2D eigenvalue weighted by Gasteiger charge is 2.14. The third-order valence-electron chi connectivity index (χ3n) is 4.19. The summed E-state index contributed by atoms with van der Waals surface area (Å²) >= 11 is 0. The molecule has 0 saturated carbocycles. The number of rotatable bonds is 5. The summed E-state index contributed by atoms with van der Waals surface area (Å²) in [6.45, 7) is 5.71. The van der Waals surface area contributed by atoms with Crippen LogP contribution in [0, 0.1) is 0 Å². The first kappa shape index (κ1) is 14.1. The minimum absolute atomic E-state index is 0.285. The van der Waals surface area contributed by atoms with Gasteiger partial charge in [-0.3, -0.25) is 9.88 Å². The summed E-state index contributed by atoms with van der Waals surface area (Å²) in [5.41, 5.74) is 3.90. The van der Waals surface area contributed by atoms with Gasteiger partial charge >= 0.3 is 0 Å². The van der Waals surface area contributed by atoms with Crippen molar-refractivity contribution in [2.24, 2.45) is 0 Å². The van der Waals surface area contributed by atoms with Gasteiger partial charge in [-0.2, -0.15) is 0 Å². The molecule has 0 bridgehead atoms. The maximum Gasteiger partial charge on any atom is 0.0486 e. The SMILES string of the molecule is CC(Nc1ccccc1CN1CCCC1)c1ccncc1. The molecule has 3 nitrogen and oxygen atoms in total. The first-order valence-electron chi connectivity index (χ1n) is 7.79. The van der Waals surface area contributed by atoms with Crippen molar-refractivity contribution in [1.29, 1.82) is 0 Å². The molecule has 1 aliphatic rings. The molecule has 110 valence electrons. The Kier molecular flexibility index (Phi) is 4.51. The third-order valence-corrected chi connectivity index (χ3v) is 4.19. The molecule has 1 saturated heterocycles. The summed E-state index contributed by atoms with van der Waals surface area (Å²) in [4.78, 5) is 6.63. The van der Waals surface area contributed by atoms with Gasteiger partial charge in [-0.1, -0.05) is 18.2 Å². The van der Waals surface area contributed by atoms with Crippen LogP contribution in [0.4, 0.5) is 5.69 Å². The summed E-state index contributed by atoms with van der Waals surface area (Å²) < 4.78 is 0. The zero-order valence-corrected chi connectivity index (χ0v) is 12.6. The van der Waals surface area contributed by atoms with E-state index in [0.29, 0.717) is 0 Å². The second-order valence-electron chi connectivity index (χ2n) is 5.79. The first-order valence-corrected chi connectivity index (χ1v) is 7.79. The number of likely N-dealkylation sites (tertiary alicyclic amines) is 1. The molecule has 0 radical (unpaired) electrons. The van der Waals surface area contributed by atoms with Crippen molar-refractivity contribution in [2.45, 2.75) is 32.4 Å². The minimum Gasteiger partial charge on any atom is -0.378 e. The van der Waals surface area contributed by atoms with Gasteiger partial charge in [0.25, 0.3) is 0 Å². The highest BCUT2D eigenvalue weighted by molar-refractivity contribution is 5.52. The summed E-state index contributed by atoms with van der Waals surface area (Å²) in [6.07, 6.45) is 6.37. The minimum atomic E-state index is 0.285. The number of anilines is 1. The normalized spacial score (nSPS) is 16.8. The Bertz CT molecular complexity index is 562. The van der Waals surface area contributed by atoms with Crippen molar-refractivity contribution < 1.29 is 0 Å². The Morgan fingerprint density at radius 1 is 1.10 bits per heavy atom. The fourth-order valence-electron chi connectivity index (χ4n) is 2.95. The molecule has 1 aromatic heterocycles. The number of benzene rings is 1. The molecule has 1 unspecified atom stereocenters. The first-order chi connectivity index (χ1) is 10.3. The molecule has 21 heavy (non-hydrogen) atoms. The van der Waals surface area contributed by atoms with Gasteiger partial charge in [-0.15, -0.1) is 0 Å². The third kappa shape index (κ3) is 3.61. The topological polar surface area (TPSA) is 28.2 Å². The summed E-state index contributed by atoms with van der Waals surface area (Å²) in [5.74, 6) is 0. The Hall–Kier alpha value is -1.87. The highest BCUT2D eigenvalue weighted by Crippen LogP contribution is 2.24. The predicted molar refractivity (Wildman–Crippen MR) is 87.2 cm³/mol. The number of nitrogens with zero attached hydrogens (tertiary/aromatic N) is 2. The number of aromatic nitrogens is 1. The van der Waals surface area contributed by atoms with Crippen molar-refractivity contribution in [3.8, 4) is 0 Å². The van der Waals surface area contributed by atoms with E-state index in [-0.39, 0.29) is 6.04 Å². The van der Waals surface area contributed by atoms with E-state index < -0.39 is 0 Å². The predicted octanol–water partition coefficient (Wildman–Crippen LogP) is 3.85. The van der Waals surface area contributed by atoms with Crippen molar-refractivity contribution in [2.75, 3.05) is 18.4 Å². The van der Waals surface area contributed by atoms with Crippen LogP contribution in [0.15, 0.2) is 48.8 Å². The highest BCUT2D eigenvalue weighted by atomic mass is 15.1. The largest absolute Gasteiger partial charge is 0.378 e. The molecule has 0 spiro atoms. The van der Waals surface area contributed by atoms with Crippen LogP contribution in [-0.4, -0.2) is 23.0 Å². The molecule has 2 aromatic rings. The van der Waals surface area contributed by atoms with Crippen LogP contribution in [0.5, 0.6) is 0 Å². The zero-order valence-electron chi connectivity index (χ0n) is 12.6. The molecule has 3 rings (SSSR count). The van der Waals surface area contributed by atoms with Crippen LogP contribution in [0.3, 0.4) is 0 Å². The van der Waals surface area contributed by atoms with Gasteiger partial charge in [0.15, 0.2) is 0 Å².